The van der Waals surface area contributed by atoms with E-state index in [1.807, 2.05) is 24.3 Å². The number of ether oxygens (including phenoxy) is 2. The monoisotopic (exact) mass is 521 g/mol. The topological polar surface area (TPSA) is 82.4 Å². The van der Waals surface area contributed by atoms with Gasteiger partial charge in [-0.1, -0.05) is 24.3 Å². The molecule has 0 radical (unpaired) electrons. The molecule has 1 heterocycles. The zero-order valence-corrected chi connectivity index (χ0v) is 19.6. The lowest BCUT2D eigenvalue weighted by Gasteiger charge is -2.14. The van der Waals surface area contributed by atoms with E-state index in [-0.39, 0.29) is 47.1 Å². The molecule has 1 amide bonds. The van der Waals surface area contributed by atoms with Crippen LogP contribution in [0.3, 0.4) is 0 Å². The number of aromatic nitrogens is 2. The second-order valence-electron chi connectivity index (χ2n) is 7.22. The summed E-state index contributed by atoms with van der Waals surface area (Å²) in [4.78, 5) is 28.8. The van der Waals surface area contributed by atoms with E-state index in [0.717, 1.165) is 23.3 Å². The number of amides is 1. The van der Waals surface area contributed by atoms with Crippen LogP contribution in [0.25, 0.3) is 0 Å². The predicted molar refractivity (Wildman–Crippen MR) is 121 cm³/mol. The summed E-state index contributed by atoms with van der Waals surface area (Å²) < 4.78 is 38.8. The van der Waals surface area contributed by atoms with E-state index < -0.39 is 11.6 Å². The highest BCUT2D eigenvalue weighted by molar-refractivity contribution is 9.10. The Bertz CT molecular complexity index is 1220. The zero-order valence-electron chi connectivity index (χ0n) is 18.0. The molecule has 10 heteroatoms. The van der Waals surface area contributed by atoms with Crippen molar-refractivity contribution in [3.63, 3.8) is 0 Å². The summed E-state index contributed by atoms with van der Waals surface area (Å²) in [6.45, 7) is 2.02. The average Bonchev–Trinajstić information content (AvgIpc) is 2.78. The van der Waals surface area contributed by atoms with Crippen LogP contribution in [0.5, 0.6) is 5.88 Å². The van der Waals surface area contributed by atoms with Crippen LogP contribution in [0.4, 0.5) is 8.78 Å². The van der Waals surface area contributed by atoms with Gasteiger partial charge in [0, 0.05) is 25.3 Å². The lowest BCUT2D eigenvalue weighted by atomic mass is 10.1. The SMILES string of the molecule is COCC(=O)NCc1cccc(Cn2c(C)nc(OCc3ccc(F)cc3F)c(Br)c2=O)c1. The van der Waals surface area contributed by atoms with Crippen LogP contribution in [-0.2, 0) is 29.2 Å². The molecule has 0 saturated heterocycles. The molecule has 33 heavy (non-hydrogen) atoms. The van der Waals surface area contributed by atoms with Crippen molar-refractivity contribution in [2.75, 3.05) is 13.7 Å². The third-order valence-corrected chi connectivity index (χ3v) is 5.43. The Kier molecular flexibility index (Phi) is 8.29. The summed E-state index contributed by atoms with van der Waals surface area (Å²) in [6.07, 6.45) is 0. The quantitative estimate of drug-likeness (QED) is 0.466. The minimum atomic E-state index is -0.741. The summed E-state index contributed by atoms with van der Waals surface area (Å²) in [6, 6.07) is 10.6. The largest absolute Gasteiger partial charge is 0.472 e. The molecule has 0 aliphatic carbocycles. The summed E-state index contributed by atoms with van der Waals surface area (Å²) in [7, 11) is 1.45. The van der Waals surface area contributed by atoms with Gasteiger partial charge in [0.2, 0.25) is 11.8 Å². The maximum atomic E-state index is 13.8. The van der Waals surface area contributed by atoms with Gasteiger partial charge in [-0.05, 0) is 46.1 Å². The third-order valence-electron chi connectivity index (χ3n) is 4.75. The molecule has 0 aliphatic rings. The molecule has 0 fully saturated rings. The first-order chi connectivity index (χ1) is 15.8. The Balaban J connectivity index is 1.74. The van der Waals surface area contributed by atoms with Gasteiger partial charge < -0.3 is 14.8 Å². The van der Waals surface area contributed by atoms with Crippen molar-refractivity contribution in [3.8, 4) is 5.88 Å². The van der Waals surface area contributed by atoms with Crippen molar-refractivity contribution in [3.05, 3.63) is 91.4 Å². The summed E-state index contributed by atoms with van der Waals surface area (Å²) in [5.74, 6) is -1.23. The lowest BCUT2D eigenvalue weighted by molar-refractivity contribution is -0.124. The van der Waals surface area contributed by atoms with Gasteiger partial charge >= 0.3 is 0 Å². The number of hydrogen-bond donors (Lipinski definition) is 1. The maximum Gasteiger partial charge on any atom is 0.272 e. The van der Waals surface area contributed by atoms with Crippen molar-refractivity contribution in [1.29, 1.82) is 0 Å². The van der Waals surface area contributed by atoms with Crippen LogP contribution in [-0.4, -0.2) is 29.2 Å². The van der Waals surface area contributed by atoms with Crippen molar-refractivity contribution in [1.82, 2.24) is 14.9 Å². The van der Waals surface area contributed by atoms with E-state index in [0.29, 0.717) is 12.4 Å². The molecule has 2 aromatic carbocycles. The van der Waals surface area contributed by atoms with Crippen LogP contribution >= 0.6 is 15.9 Å². The molecule has 0 saturated carbocycles. The standard InChI is InChI=1S/C23H22BrF2N3O4/c1-14-28-22(33-12-17-6-7-18(25)9-19(17)26)21(24)23(31)29(14)11-16-5-3-4-15(8-16)10-27-20(30)13-32-2/h3-9H,10-13H2,1-2H3,(H,27,30). The van der Waals surface area contributed by atoms with Gasteiger partial charge in [-0.2, -0.15) is 4.98 Å². The van der Waals surface area contributed by atoms with Gasteiger partial charge in [0.1, 0.15) is 35.1 Å². The van der Waals surface area contributed by atoms with Crippen LogP contribution < -0.4 is 15.6 Å². The smallest absolute Gasteiger partial charge is 0.272 e. The second-order valence-corrected chi connectivity index (χ2v) is 8.02. The molecule has 0 unspecified atom stereocenters. The van der Waals surface area contributed by atoms with Gasteiger partial charge in [-0.3, -0.25) is 14.2 Å². The fourth-order valence-corrected chi connectivity index (χ4v) is 3.50. The lowest BCUT2D eigenvalue weighted by Crippen LogP contribution is -2.27. The van der Waals surface area contributed by atoms with Crippen LogP contribution in [0.1, 0.15) is 22.5 Å². The molecule has 3 aromatic rings. The highest BCUT2D eigenvalue weighted by atomic mass is 79.9. The van der Waals surface area contributed by atoms with E-state index in [2.05, 4.69) is 26.2 Å². The minimum absolute atomic E-state index is 0.0177. The van der Waals surface area contributed by atoms with Gasteiger partial charge in [0.25, 0.3) is 5.56 Å². The molecule has 0 atom stereocenters. The number of nitrogens with zero attached hydrogens (tertiary/aromatic N) is 2. The van der Waals surface area contributed by atoms with E-state index >= 15 is 0 Å². The molecule has 3 rings (SSSR count). The summed E-state index contributed by atoms with van der Waals surface area (Å²) >= 11 is 3.22. The van der Waals surface area contributed by atoms with E-state index in [4.69, 9.17) is 9.47 Å². The molecular formula is C23H22BrF2N3O4. The van der Waals surface area contributed by atoms with E-state index in [1.54, 1.807) is 6.92 Å². The fourth-order valence-electron chi connectivity index (χ4n) is 3.08. The van der Waals surface area contributed by atoms with Crippen LogP contribution in [0, 0.1) is 18.6 Å². The number of carbonyl (C=O) groups excluding carboxylic acids is 1. The van der Waals surface area contributed by atoms with Crippen molar-refractivity contribution >= 4 is 21.8 Å². The number of rotatable bonds is 9. The van der Waals surface area contributed by atoms with Gasteiger partial charge in [0.15, 0.2) is 0 Å². The molecular weight excluding hydrogens is 500 g/mol. The second kappa shape index (κ2) is 11.2. The van der Waals surface area contributed by atoms with E-state index in [1.165, 1.54) is 17.7 Å². The Morgan fingerprint density at radius 1 is 1.18 bits per heavy atom. The average molecular weight is 522 g/mol. The first kappa shape index (κ1) is 24.5. The van der Waals surface area contributed by atoms with Crippen LogP contribution in [0.2, 0.25) is 0 Å². The highest BCUT2D eigenvalue weighted by Gasteiger charge is 2.15. The van der Waals surface area contributed by atoms with Gasteiger partial charge in [-0.15, -0.1) is 0 Å². The molecule has 7 nitrogen and oxygen atoms in total. The Morgan fingerprint density at radius 3 is 2.67 bits per heavy atom. The molecule has 1 aromatic heterocycles. The predicted octanol–water partition coefficient (Wildman–Crippen LogP) is 3.48. The minimum Gasteiger partial charge on any atom is -0.472 e. The van der Waals surface area contributed by atoms with Gasteiger partial charge in [-0.25, -0.2) is 8.78 Å². The highest BCUT2D eigenvalue weighted by Crippen LogP contribution is 2.21. The molecule has 0 spiro atoms. The number of carbonyl (C=O) groups is 1. The number of benzene rings is 2. The van der Waals surface area contributed by atoms with Gasteiger partial charge in [0.05, 0.1) is 6.54 Å². The van der Waals surface area contributed by atoms with Crippen molar-refractivity contribution in [2.45, 2.75) is 26.6 Å². The van der Waals surface area contributed by atoms with Crippen molar-refractivity contribution < 1.29 is 23.0 Å². The first-order valence-electron chi connectivity index (χ1n) is 9.95. The number of aryl methyl sites for hydroxylation is 1. The van der Waals surface area contributed by atoms with Crippen LogP contribution in [0.15, 0.2) is 51.7 Å². The molecule has 0 bridgehead atoms. The fraction of sp³-hybridized carbons (Fsp3) is 0.261. The first-order valence-corrected chi connectivity index (χ1v) is 10.7. The third kappa shape index (κ3) is 6.45. The number of halogens is 3. The number of methoxy groups -OCH3 is 1. The molecule has 1 N–H and O–H groups in total. The summed E-state index contributed by atoms with van der Waals surface area (Å²) in [5.41, 5.74) is 1.49. The Hall–Kier alpha value is -3.11. The number of hydrogen-bond acceptors (Lipinski definition) is 5. The maximum absolute atomic E-state index is 13.8. The Labute approximate surface area is 197 Å². The molecule has 174 valence electrons. The number of nitrogens with one attached hydrogen (secondary N) is 1. The zero-order chi connectivity index (χ0) is 24.0. The normalized spacial score (nSPS) is 10.8. The Morgan fingerprint density at radius 2 is 1.94 bits per heavy atom. The molecule has 0 aliphatic heterocycles. The van der Waals surface area contributed by atoms with Crippen molar-refractivity contribution in [2.24, 2.45) is 0 Å². The van der Waals surface area contributed by atoms with E-state index in [9.17, 15) is 18.4 Å². The summed E-state index contributed by atoms with van der Waals surface area (Å²) in [5, 5.41) is 2.75.